The highest BCUT2D eigenvalue weighted by Crippen LogP contribution is 2.32. The van der Waals surface area contributed by atoms with Gasteiger partial charge in [-0.15, -0.1) is 15.7 Å². The van der Waals surface area contributed by atoms with Crippen LogP contribution in [0.3, 0.4) is 0 Å². The fourth-order valence-corrected chi connectivity index (χ4v) is 5.24. The third-order valence-electron chi connectivity index (χ3n) is 4.63. The molecule has 0 fully saturated rings. The molecule has 33 heavy (non-hydrogen) atoms. The van der Waals surface area contributed by atoms with Crippen molar-refractivity contribution in [1.29, 1.82) is 0 Å². The van der Waals surface area contributed by atoms with Crippen LogP contribution in [0.25, 0.3) is 10.4 Å². The number of hydrogen-bond acceptors (Lipinski definition) is 5. The number of ether oxygens (including phenoxy) is 1. The van der Waals surface area contributed by atoms with Crippen molar-refractivity contribution in [2.75, 3.05) is 27.7 Å². The summed E-state index contributed by atoms with van der Waals surface area (Å²) in [5.41, 5.74) is 1.68. The van der Waals surface area contributed by atoms with E-state index in [-0.39, 0.29) is 10.8 Å². The molecule has 1 N–H and O–H groups in total. The molecule has 0 bridgehead atoms. The maximum Gasteiger partial charge on any atom is 0.284 e. The van der Waals surface area contributed by atoms with Gasteiger partial charge in [-0.25, -0.2) is 0 Å². The molecule has 1 aromatic heterocycles. The van der Waals surface area contributed by atoms with Crippen LogP contribution in [0, 0.1) is 0 Å². The Labute approximate surface area is 202 Å². The number of carbonyl (C=O) groups is 1. The normalized spacial score (nSPS) is 11.5. The van der Waals surface area contributed by atoms with Gasteiger partial charge in [-0.2, -0.15) is 8.42 Å². The molecule has 0 radical (unpaired) electrons. The second-order valence-corrected chi connectivity index (χ2v) is 10.3. The fraction of sp³-hybridized carbons (Fsp3) is 0.217. The van der Waals surface area contributed by atoms with Crippen molar-refractivity contribution < 1.29 is 17.9 Å². The monoisotopic (exact) mass is 505 g/mol. The zero-order valence-corrected chi connectivity index (χ0v) is 20.8. The van der Waals surface area contributed by atoms with Gasteiger partial charge in [-0.1, -0.05) is 29.8 Å². The lowest BCUT2D eigenvalue weighted by molar-refractivity contribution is 0.0951. The Bertz CT molecular complexity index is 1260. The predicted molar refractivity (Wildman–Crippen MR) is 133 cm³/mol. The molecular weight excluding hydrogens is 482 g/mol. The second-order valence-electron chi connectivity index (χ2n) is 7.32. The first-order valence-corrected chi connectivity index (χ1v) is 12.7. The number of rotatable bonds is 9. The number of carbonyl (C=O) groups excluding carboxylic acids is 1. The van der Waals surface area contributed by atoms with Crippen molar-refractivity contribution in [2.45, 2.75) is 11.3 Å². The quantitative estimate of drug-likeness (QED) is 0.345. The van der Waals surface area contributed by atoms with Crippen LogP contribution < -0.4 is 10.1 Å². The summed E-state index contributed by atoms with van der Waals surface area (Å²) in [6.07, 6.45) is 1.69. The first-order valence-electron chi connectivity index (χ1n) is 9.96. The summed E-state index contributed by atoms with van der Waals surface area (Å²) in [5.74, 6) is 0.0947. The number of amides is 1. The number of hydrogen-bond donors (Lipinski definition) is 1. The molecule has 0 aliphatic heterocycles. The number of benzene rings is 2. The lowest BCUT2D eigenvalue weighted by atomic mass is 10.1. The molecule has 10 heteroatoms. The number of nitrogens with one attached hydrogen (secondary N) is 1. The van der Waals surface area contributed by atoms with E-state index in [0.717, 1.165) is 10.4 Å². The maximum atomic E-state index is 13.0. The Morgan fingerprint density at radius 1 is 1.21 bits per heavy atom. The van der Waals surface area contributed by atoms with Crippen molar-refractivity contribution in [3.8, 4) is 16.2 Å². The maximum absolute atomic E-state index is 13.0. The molecule has 1 amide bonds. The van der Waals surface area contributed by atoms with E-state index in [0.29, 0.717) is 34.9 Å². The zero-order chi connectivity index (χ0) is 24.0. The van der Waals surface area contributed by atoms with E-state index in [1.54, 1.807) is 49.3 Å². The molecule has 0 aliphatic rings. The summed E-state index contributed by atoms with van der Waals surface area (Å²) in [6, 6.07) is 13.8. The highest BCUT2D eigenvalue weighted by atomic mass is 35.5. The summed E-state index contributed by atoms with van der Waals surface area (Å²) in [6.45, 7) is 0.299. The van der Waals surface area contributed by atoms with E-state index in [2.05, 4.69) is 9.71 Å². The van der Waals surface area contributed by atoms with Gasteiger partial charge in [0.15, 0.2) is 0 Å². The van der Waals surface area contributed by atoms with Crippen LogP contribution in [0.2, 0.25) is 5.02 Å². The van der Waals surface area contributed by atoms with E-state index in [1.165, 1.54) is 24.8 Å². The molecule has 0 atom stereocenters. The Kier molecular flexibility index (Phi) is 8.12. The van der Waals surface area contributed by atoms with Crippen LogP contribution in [0.4, 0.5) is 0 Å². The number of thiophene rings is 1. The van der Waals surface area contributed by atoms with Crippen molar-refractivity contribution in [3.05, 3.63) is 70.1 Å². The Morgan fingerprint density at radius 3 is 2.67 bits per heavy atom. The van der Waals surface area contributed by atoms with Crippen LogP contribution >= 0.6 is 22.9 Å². The van der Waals surface area contributed by atoms with Crippen LogP contribution in [-0.4, -0.2) is 53.3 Å². The first-order chi connectivity index (χ1) is 15.7. The van der Waals surface area contributed by atoms with Crippen molar-refractivity contribution in [3.63, 3.8) is 0 Å². The van der Waals surface area contributed by atoms with Crippen molar-refractivity contribution in [2.24, 2.45) is 4.40 Å². The standard InChI is InChI=1S/C23H24ClN3O4S2/c1-27(2)15-26-33(29,30)22-13-16(6-8-18(22)21-5-4-12-32-21)10-11-25-23(28)19-14-17(24)7-9-20(19)31-3/h4-9,12-15H,10-11H2,1-3H3,(H,25,28)/b26-15-. The summed E-state index contributed by atoms with van der Waals surface area (Å²) >= 11 is 7.46. The van der Waals surface area contributed by atoms with Gasteiger partial charge >= 0.3 is 0 Å². The molecule has 3 aromatic rings. The largest absolute Gasteiger partial charge is 0.496 e. The minimum Gasteiger partial charge on any atom is -0.496 e. The summed E-state index contributed by atoms with van der Waals surface area (Å²) < 4.78 is 34.9. The summed E-state index contributed by atoms with van der Waals surface area (Å²) in [4.78, 5) is 15.1. The third kappa shape index (κ3) is 6.34. The molecule has 7 nitrogen and oxygen atoms in total. The van der Waals surface area contributed by atoms with Crippen LogP contribution in [0.5, 0.6) is 5.75 Å². The smallest absolute Gasteiger partial charge is 0.284 e. The van der Waals surface area contributed by atoms with Gasteiger partial charge in [0.1, 0.15) is 12.1 Å². The van der Waals surface area contributed by atoms with Gasteiger partial charge in [0.05, 0.1) is 17.6 Å². The average molecular weight is 506 g/mol. The van der Waals surface area contributed by atoms with E-state index in [1.807, 2.05) is 23.6 Å². The van der Waals surface area contributed by atoms with Crippen LogP contribution in [-0.2, 0) is 16.4 Å². The van der Waals surface area contributed by atoms with Gasteiger partial charge in [0, 0.05) is 36.1 Å². The van der Waals surface area contributed by atoms with Gasteiger partial charge in [0.25, 0.3) is 15.9 Å². The fourth-order valence-electron chi connectivity index (χ4n) is 3.06. The molecule has 2 aromatic carbocycles. The van der Waals surface area contributed by atoms with Crippen molar-refractivity contribution >= 4 is 45.2 Å². The highest BCUT2D eigenvalue weighted by molar-refractivity contribution is 7.90. The van der Waals surface area contributed by atoms with Gasteiger partial charge in [0.2, 0.25) is 0 Å². The van der Waals surface area contributed by atoms with E-state index >= 15 is 0 Å². The zero-order valence-electron chi connectivity index (χ0n) is 18.4. The summed E-state index contributed by atoms with van der Waals surface area (Å²) in [7, 11) is 0.969. The molecule has 1 heterocycles. The number of methoxy groups -OCH3 is 1. The predicted octanol–water partition coefficient (Wildman–Crippen LogP) is 4.33. The van der Waals surface area contributed by atoms with E-state index in [4.69, 9.17) is 16.3 Å². The highest BCUT2D eigenvalue weighted by Gasteiger charge is 2.20. The average Bonchev–Trinajstić information content (AvgIpc) is 3.32. The number of nitrogens with zero attached hydrogens (tertiary/aromatic N) is 2. The van der Waals surface area contributed by atoms with Gasteiger partial charge in [-0.3, -0.25) is 4.79 Å². The molecule has 3 rings (SSSR count). The SMILES string of the molecule is COc1ccc(Cl)cc1C(=O)NCCc1ccc(-c2cccs2)c(S(=O)(=O)/N=C\N(C)C)c1. The topological polar surface area (TPSA) is 88.1 Å². The Morgan fingerprint density at radius 2 is 2.00 bits per heavy atom. The molecular formula is C23H24ClN3O4S2. The van der Waals surface area contributed by atoms with Crippen LogP contribution in [0.15, 0.2) is 63.2 Å². The summed E-state index contributed by atoms with van der Waals surface area (Å²) in [5, 5.41) is 5.15. The number of halogens is 1. The first kappa shape index (κ1) is 24.8. The molecule has 0 saturated carbocycles. The third-order valence-corrected chi connectivity index (χ3v) is 7.04. The molecule has 0 saturated heterocycles. The molecule has 174 valence electrons. The molecule has 0 aliphatic carbocycles. The Balaban J connectivity index is 1.82. The minimum atomic E-state index is -3.92. The van der Waals surface area contributed by atoms with E-state index < -0.39 is 10.0 Å². The number of sulfonamides is 1. The molecule has 0 spiro atoms. The van der Waals surface area contributed by atoms with Gasteiger partial charge < -0.3 is 15.0 Å². The minimum absolute atomic E-state index is 0.128. The van der Waals surface area contributed by atoms with E-state index in [9.17, 15) is 13.2 Å². The Hall–Kier alpha value is -2.88. The lowest BCUT2D eigenvalue weighted by Crippen LogP contribution is -2.26. The van der Waals surface area contributed by atoms with Gasteiger partial charge in [-0.05, 0) is 47.7 Å². The lowest BCUT2D eigenvalue weighted by Gasteiger charge is -2.12. The van der Waals surface area contributed by atoms with Crippen LogP contribution in [0.1, 0.15) is 15.9 Å². The molecule has 0 unspecified atom stereocenters. The van der Waals surface area contributed by atoms with Crippen molar-refractivity contribution in [1.82, 2.24) is 10.2 Å². The second kappa shape index (κ2) is 10.8.